The van der Waals surface area contributed by atoms with Crippen LogP contribution in [0.2, 0.25) is 0 Å². The Labute approximate surface area is 213 Å². The predicted molar refractivity (Wildman–Crippen MR) is 143 cm³/mol. The molecule has 7 nitrogen and oxygen atoms in total. The Balaban J connectivity index is 2.02. The van der Waals surface area contributed by atoms with Crippen LogP contribution in [-0.2, 0) is 32.6 Å². The first-order valence-corrected chi connectivity index (χ1v) is 13.6. The van der Waals surface area contributed by atoms with Crippen molar-refractivity contribution >= 4 is 27.5 Å². The van der Waals surface area contributed by atoms with Gasteiger partial charge in [-0.15, -0.1) is 0 Å². The highest BCUT2D eigenvalue weighted by Gasteiger charge is 2.32. The van der Waals surface area contributed by atoms with Crippen molar-refractivity contribution in [1.29, 1.82) is 0 Å². The number of anilines is 1. The molecule has 0 saturated heterocycles. The van der Waals surface area contributed by atoms with Crippen molar-refractivity contribution in [1.82, 2.24) is 10.2 Å². The lowest BCUT2D eigenvalue weighted by atomic mass is 10.0. The van der Waals surface area contributed by atoms with Crippen LogP contribution in [0.25, 0.3) is 0 Å². The molecule has 0 saturated carbocycles. The van der Waals surface area contributed by atoms with E-state index in [9.17, 15) is 18.0 Å². The molecule has 0 aromatic heterocycles. The fourth-order valence-corrected chi connectivity index (χ4v) is 5.09. The molecule has 0 aliphatic heterocycles. The van der Waals surface area contributed by atoms with Crippen molar-refractivity contribution in [3.8, 4) is 0 Å². The van der Waals surface area contributed by atoms with E-state index in [0.29, 0.717) is 12.1 Å². The monoisotopic (exact) mass is 507 g/mol. The minimum Gasteiger partial charge on any atom is -0.357 e. The first-order valence-electron chi connectivity index (χ1n) is 11.7. The molecular weight excluding hydrogens is 474 g/mol. The molecule has 0 fully saturated rings. The maximum Gasteiger partial charge on any atom is 0.244 e. The van der Waals surface area contributed by atoms with Crippen molar-refractivity contribution < 1.29 is 18.0 Å². The molecule has 0 bridgehead atoms. The third-order valence-electron chi connectivity index (χ3n) is 6.01. The molecule has 190 valence electrons. The maximum absolute atomic E-state index is 13.8. The molecule has 3 aromatic carbocycles. The summed E-state index contributed by atoms with van der Waals surface area (Å²) in [5.74, 6) is -0.783. The lowest BCUT2D eigenvalue weighted by Gasteiger charge is -2.33. The zero-order valence-corrected chi connectivity index (χ0v) is 22.0. The first-order chi connectivity index (χ1) is 17.1. The quantitative estimate of drug-likeness (QED) is 0.455. The van der Waals surface area contributed by atoms with Gasteiger partial charge in [-0.1, -0.05) is 78.4 Å². The van der Waals surface area contributed by atoms with Crippen LogP contribution in [0.3, 0.4) is 0 Å². The van der Waals surface area contributed by atoms with Gasteiger partial charge in [-0.25, -0.2) is 8.42 Å². The Morgan fingerprint density at radius 1 is 0.889 bits per heavy atom. The highest BCUT2D eigenvalue weighted by molar-refractivity contribution is 7.92. The number of nitrogens with one attached hydrogen (secondary N) is 1. The van der Waals surface area contributed by atoms with E-state index in [1.165, 1.54) is 11.9 Å². The van der Waals surface area contributed by atoms with Gasteiger partial charge in [-0.3, -0.25) is 13.9 Å². The predicted octanol–water partition coefficient (Wildman–Crippen LogP) is 3.46. The Hall–Kier alpha value is -3.65. The number of nitrogens with zero attached hydrogens (tertiary/aromatic N) is 2. The third-order valence-corrected chi connectivity index (χ3v) is 7.14. The summed E-state index contributed by atoms with van der Waals surface area (Å²) < 4.78 is 26.7. The summed E-state index contributed by atoms with van der Waals surface area (Å²) in [6, 6.07) is 23.4. The van der Waals surface area contributed by atoms with Crippen LogP contribution in [0.15, 0.2) is 78.9 Å². The molecule has 8 heteroatoms. The zero-order chi connectivity index (χ0) is 26.3. The van der Waals surface area contributed by atoms with Gasteiger partial charge in [-0.05, 0) is 36.6 Å². The number of rotatable bonds is 10. The molecule has 0 heterocycles. The van der Waals surface area contributed by atoms with Crippen LogP contribution >= 0.6 is 0 Å². The average Bonchev–Trinajstić information content (AvgIpc) is 2.85. The second-order valence-electron chi connectivity index (χ2n) is 8.89. The van der Waals surface area contributed by atoms with E-state index in [2.05, 4.69) is 5.32 Å². The summed E-state index contributed by atoms with van der Waals surface area (Å²) in [6.45, 7) is 3.48. The van der Waals surface area contributed by atoms with Gasteiger partial charge in [-0.2, -0.15) is 0 Å². The minimum absolute atomic E-state index is 0.162. The summed E-state index contributed by atoms with van der Waals surface area (Å²) in [7, 11) is -2.25. The highest BCUT2D eigenvalue weighted by atomic mass is 32.2. The fraction of sp³-hybridized carbons (Fsp3) is 0.286. The second-order valence-corrected chi connectivity index (χ2v) is 10.8. The van der Waals surface area contributed by atoms with Crippen molar-refractivity contribution in [2.24, 2.45) is 0 Å². The molecule has 0 radical (unpaired) electrons. The van der Waals surface area contributed by atoms with Crippen LogP contribution in [0.5, 0.6) is 0 Å². The molecule has 36 heavy (non-hydrogen) atoms. The standard InChI is InChI=1S/C28H33N3O4S/c1-21-15-16-25(22(2)17-21)31(36(4,34)35)20-27(32)30(19-24-13-9-6-10-14-24)26(28(33)29-3)18-23-11-7-5-8-12-23/h5-17,26H,18-20H2,1-4H3,(H,29,33). The van der Waals surface area contributed by atoms with E-state index in [4.69, 9.17) is 0 Å². The summed E-state index contributed by atoms with van der Waals surface area (Å²) in [6.07, 6.45) is 1.38. The van der Waals surface area contributed by atoms with Gasteiger partial charge in [0, 0.05) is 20.0 Å². The molecule has 3 aromatic rings. The fourth-order valence-electron chi connectivity index (χ4n) is 4.18. The SMILES string of the molecule is CNC(=O)C(Cc1ccccc1)N(Cc1ccccc1)C(=O)CN(c1ccc(C)cc1C)S(C)(=O)=O. The van der Waals surface area contributed by atoms with E-state index >= 15 is 0 Å². The molecular formula is C28H33N3O4S. The second kappa shape index (κ2) is 11.9. The topological polar surface area (TPSA) is 86.8 Å². The third kappa shape index (κ3) is 6.95. The number of carbonyl (C=O) groups excluding carboxylic acids is 2. The van der Waals surface area contributed by atoms with Crippen LogP contribution < -0.4 is 9.62 Å². The van der Waals surface area contributed by atoms with Crippen LogP contribution in [0, 0.1) is 13.8 Å². The number of benzene rings is 3. The lowest BCUT2D eigenvalue weighted by Crippen LogP contribution is -2.53. The van der Waals surface area contributed by atoms with E-state index in [-0.39, 0.29) is 12.5 Å². The number of hydrogen-bond donors (Lipinski definition) is 1. The Kier molecular flexibility index (Phi) is 8.88. The molecule has 2 amide bonds. The molecule has 1 unspecified atom stereocenters. The van der Waals surface area contributed by atoms with Crippen LogP contribution in [0.1, 0.15) is 22.3 Å². The number of amides is 2. The largest absolute Gasteiger partial charge is 0.357 e. The summed E-state index contributed by atoms with van der Waals surface area (Å²) in [4.78, 5) is 28.4. The summed E-state index contributed by atoms with van der Waals surface area (Å²) in [5, 5.41) is 2.67. The van der Waals surface area contributed by atoms with Gasteiger partial charge in [0.1, 0.15) is 12.6 Å². The maximum atomic E-state index is 13.8. The van der Waals surface area contributed by atoms with Crippen molar-refractivity contribution in [3.63, 3.8) is 0 Å². The Morgan fingerprint density at radius 2 is 1.47 bits per heavy atom. The van der Waals surface area contributed by atoms with Crippen LogP contribution in [-0.4, -0.2) is 51.0 Å². The molecule has 1 atom stereocenters. The number of aryl methyl sites for hydroxylation is 2. The van der Waals surface area contributed by atoms with Crippen molar-refractivity contribution in [2.45, 2.75) is 32.9 Å². The van der Waals surface area contributed by atoms with Crippen molar-refractivity contribution in [3.05, 3.63) is 101 Å². The van der Waals surface area contributed by atoms with Gasteiger partial charge in [0.25, 0.3) is 0 Å². The number of hydrogen-bond acceptors (Lipinski definition) is 4. The van der Waals surface area contributed by atoms with E-state index in [1.807, 2.05) is 86.6 Å². The van der Waals surface area contributed by atoms with E-state index in [1.54, 1.807) is 6.07 Å². The number of sulfonamides is 1. The normalized spacial score (nSPS) is 12.0. The number of likely N-dealkylation sites (N-methyl/N-ethyl adjacent to an activating group) is 1. The first kappa shape index (κ1) is 26.9. The molecule has 3 rings (SSSR count). The lowest BCUT2D eigenvalue weighted by molar-refractivity contribution is -0.139. The van der Waals surface area contributed by atoms with Gasteiger partial charge in [0.2, 0.25) is 21.8 Å². The summed E-state index contributed by atoms with van der Waals surface area (Å²) in [5.41, 5.74) is 3.91. The van der Waals surface area contributed by atoms with Crippen LogP contribution in [0.4, 0.5) is 5.69 Å². The molecule has 1 N–H and O–H groups in total. The smallest absolute Gasteiger partial charge is 0.244 e. The average molecular weight is 508 g/mol. The Bertz CT molecular complexity index is 1290. The molecule has 0 aliphatic carbocycles. The number of carbonyl (C=O) groups is 2. The van der Waals surface area contributed by atoms with E-state index in [0.717, 1.165) is 32.8 Å². The highest BCUT2D eigenvalue weighted by Crippen LogP contribution is 2.24. The van der Waals surface area contributed by atoms with Gasteiger partial charge in [0.15, 0.2) is 0 Å². The van der Waals surface area contributed by atoms with Crippen molar-refractivity contribution in [2.75, 3.05) is 24.2 Å². The van der Waals surface area contributed by atoms with E-state index < -0.39 is 28.5 Å². The van der Waals surface area contributed by atoms with Gasteiger partial charge in [0.05, 0.1) is 11.9 Å². The molecule has 0 aliphatic rings. The van der Waals surface area contributed by atoms with Gasteiger partial charge < -0.3 is 10.2 Å². The zero-order valence-electron chi connectivity index (χ0n) is 21.1. The summed E-state index contributed by atoms with van der Waals surface area (Å²) >= 11 is 0. The Morgan fingerprint density at radius 3 is 2.00 bits per heavy atom. The molecule has 0 spiro atoms. The van der Waals surface area contributed by atoms with Gasteiger partial charge >= 0.3 is 0 Å². The minimum atomic E-state index is -3.78.